The summed E-state index contributed by atoms with van der Waals surface area (Å²) in [5.74, 6) is 0.00822. The van der Waals surface area contributed by atoms with Crippen molar-refractivity contribution in [2.24, 2.45) is 0 Å². The average molecular weight is 362 g/mol. The van der Waals surface area contributed by atoms with Gasteiger partial charge in [0.1, 0.15) is 12.4 Å². The molecule has 3 heterocycles. The first-order valence-corrected chi connectivity index (χ1v) is 8.86. The molecule has 2 aliphatic rings. The van der Waals surface area contributed by atoms with Crippen LogP contribution in [0, 0.1) is 6.92 Å². The Bertz CT molecular complexity index is 691. The van der Waals surface area contributed by atoms with E-state index in [9.17, 15) is 9.59 Å². The third-order valence-electron chi connectivity index (χ3n) is 5.51. The largest absolute Gasteiger partial charge is 0.480 e. The van der Waals surface area contributed by atoms with Crippen LogP contribution in [0.3, 0.4) is 0 Å². The third-order valence-corrected chi connectivity index (χ3v) is 5.51. The number of carbonyl (C=O) groups is 2. The first-order valence-electron chi connectivity index (χ1n) is 8.86. The van der Waals surface area contributed by atoms with E-state index in [0.717, 1.165) is 37.6 Å². The summed E-state index contributed by atoms with van der Waals surface area (Å²) < 4.78 is 0. The summed E-state index contributed by atoms with van der Waals surface area (Å²) >= 11 is 0. The van der Waals surface area contributed by atoms with Gasteiger partial charge in [0, 0.05) is 49.9 Å². The van der Waals surface area contributed by atoms with Gasteiger partial charge in [-0.05, 0) is 26.8 Å². The fourth-order valence-electron chi connectivity index (χ4n) is 3.96. The van der Waals surface area contributed by atoms with Gasteiger partial charge < -0.3 is 20.6 Å². The normalized spacial score (nSPS) is 24.8. The number of carbonyl (C=O) groups excluding carboxylic acids is 1. The van der Waals surface area contributed by atoms with Crippen molar-refractivity contribution in [1.82, 2.24) is 19.8 Å². The number of hydrogen-bond acceptors (Lipinski definition) is 7. The zero-order valence-electron chi connectivity index (χ0n) is 15.3. The van der Waals surface area contributed by atoms with Crippen molar-refractivity contribution < 1.29 is 14.7 Å². The lowest BCUT2D eigenvalue weighted by atomic mass is 9.86. The maximum Gasteiger partial charge on any atom is 0.323 e. The Hall–Kier alpha value is -2.42. The molecule has 1 atom stereocenters. The molecular formula is C17H26N6O3. The number of piperazine rings is 1. The summed E-state index contributed by atoms with van der Waals surface area (Å²) in [7, 11) is 2.08. The lowest BCUT2D eigenvalue weighted by Crippen LogP contribution is -2.61. The van der Waals surface area contributed by atoms with Gasteiger partial charge in [0.25, 0.3) is 0 Å². The number of aliphatic carboxylic acids is 1. The molecule has 2 aliphatic heterocycles. The molecule has 0 saturated carbocycles. The lowest BCUT2D eigenvalue weighted by molar-refractivity contribution is -0.144. The van der Waals surface area contributed by atoms with Gasteiger partial charge in [-0.25, -0.2) is 4.98 Å². The second-order valence-electron chi connectivity index (χ2n) is 7.25. The number of nitrogens with zero attached hydrogens (tertiary/aromatic N) is 5. The predicted molar refractivity (Wildman–Crippen MR) is 96.8 cm³/mol. The fourth-order valence-corrected chi connectivity index (χ4v) is 3.96. The number of aromatic nitrogens is 2. The Morgan fingerprint density at radius 1 is 1.31 bits per heavy atom. The number of carboxylic acid groups (broad SMARTS) is 1. The Morgan fingerprint density at radius 3 is 2.77 bits per heavy atom. The van der Waals surface area contributed by atoms with E-state index in [1.165, 1.54) is 4.90 Å². The minimum atomic E-state index is -0.972. The number of hydrogen-bond donors (Lipinski definition) is 2. The molecule has 3 rings (SSSR count). The Balaban J connectivity index is 1.81. The minimum Gasteiger partial charge on any atom is -0.480 e. The number of nitrogens with two attached hydrogens (primary N) is 1. The molecule has 0 aromatic carbocycles. The topological polar surface area (TPSA) is 116 Å². The molecule has 26 heavy (non-hydrogen) atoms. The Kier molecular flexibility index (Phi) is 4.99. The van der Waals surface area contributed by atoms with Gasteiger partial charge in [-0.1, -0.05) is 0 Å². The molecule has 1 spiro atoms. The van der Waals surface area contributed by atoms with Gasteiger partial charge in [0.2, 0.25) is 11.9 Å². The maximum atomic E-state index is 12.3. The number of likely N-dealkylation sites (tertiary alicyclic amines) is 1. The standard InChI is InChI=1S/C17H26N6O3/c1-12-9-13(20-16(18)19-12)23-8-7-21(2)17(11-23)4-3-14(24)22(6-5-17)10-15(25)26/h9H,3-8,10-11H2,1-2H3,(H,25,26)(H2,18,19,20). The van der Waals surface area contributed by atoms with E-state index in [2.05, 4.69) is 26.8 Å². The summed E-state index contributed by atoms with van der Waals surface area (Å²) in [6.07, 6.45) is 1.80. The number of rotatable bonds is 3. The smallest absolute Gasteiger partial charge is 0.323 e. The van der Waals surface area contributed by atoms with E-state index in [1.807, 2.05) is 13.0 Å². The number of amides is 1. The van der Waals surface area contributed by atoms with Crippen LogP contribution in [0.5, 0.6) is 0 Å². The molecule has 1 aromatic heterocycles. The van der Waals surface area contributed by atoms with Crippen molar-refractivity contribution in [3.63, 3.8) is 0 Å². The monoisotopic (exact) mass is 362 g/mol. The van der Waals surface area contributed by atoms with Crippen molar-refractivity contribution >= 4 is 23.6 Å². The van der Waals surface area contributed by atoms with E-state index in [-0.39, 0.29) is 23.9 Å². The number of anilines is 2. The van der Waals surface area contributed by atoms with Crippen molar-refractivity contribution in [1.29, 1.82) is 0 Å². The first kappa shape index (κ1) is 18.4. The summed E-state index contributed by atoms with van der Waals surface area (Å²) in [6.45, 7) is 4.50. The van der Waals surface area contributed by atoms with Crippen LogP contribution in [-0.2, 0) is 9.59 Å². The van der Waals surface area contributed by atoms with E-state index in [4.69, 9.17) is 10.8 Å². The number of likely N-dealkylation sites (N-methyl/N-ethyl adjacent to an activating group) is 1. The van der Waals surface area contributed by atoms with Gasteiger partial charge in [0.05, 0.1) is 0 Å². The molecule has 0 aliphatic carbocycles. The molecular weight excluding hydrogens is 336 g/mol. The van der Waals surface area contributed by atoms with Gasteiger partial charge >= 0.3 is 5.97 Å². The molecule has 9 nitrogen and oxygen atoms in total. The minimum absolute atomic E-state index is 0.0862. The zero-order chi connectivity index (χ0) is 18.9. The number of nitrogen functional groups attached to an aromatic ring is 1. The van der Waals surface area contributed by atoms with Crippen LogP contribution in [0.15, 0.2) is 6.07 Å². The Morgan fingerprint density at radius 2 is 2.08 bits per heavy atom. The van der Waals surface area contributed by atoms with Crippen LogP contribution in [0.4, 0.5) is 11.8 Å². The highest BCUT2D eigenvalue weighted by Gasteiger charge is 2.42. The lowest BCUT2D eigenvalue weighted by Gasteiger charge is -2.49. The van der Waals surface area contributed by atoms with Crippen molar-refractivity contribution in [2.75, 3.05) is 50.4 Å². The number of aryl methyl sites for hydroxylation is 1. The van der Waals surface area contributed by atoms with Crippen molar-refractivity contribution in [3.05, 3.63) is 11.8 Å². The number of carboxylic acids is 1. The van der Waals surface area contributed by atoms with Crippen LogP contribution in [0.2, 0.25) is 0 Å². The molecule has 9 heteroatoms. The second kappa shape index (κ2) is 7.06. The summed E-state index contributed by atoms with van der Waals surface area (Å²) in [5, 5.41) is 9.03. The van der Waals surface area contributed by atoms with E-state index in [0.29, 0.717) is 19.4 Å². The van der Waals surface area contributed by atoms with E-state index in [1.54, 1.807) is 0 Å². The summed E-state index contributed by atoms with van der Waals surface area (Å²) in [6, 6.07) is 1.92. The highest BCUT2D eigenvalue weighted by Crippen LogP contribution is 2.33. The van der Waals surface area contributed by atoms with Crippen LogP contribution >= 0.6 is 0 Å². The van der Waals surface area contributed by atoms with Gasteiger partial charge in [0.15, 0.2) is 0 Å². The molecule has 2 saturated heterocycles. The van der Waals surface area contributed by atoms with Crippen LogP contribution < -0.4 is 10.6 Å². The summed E-state index contributed by atoms with van der Waals surface area (Å²) in [4.78, 5) is 37.8. The molecule has 1 aromatic rings. The molecule has 1 amide bonds. The van der Waals surface area contributed by atoms with Crippen LogP contribution in [-0.4, -0.2) is 82.1 Å². The van der Waals surface area contributed by atoms with Gasteiger partial charge in [-0.15, -0.1) is 0 Å². The van der Waals surface area contributed by atoms with Crippen molar-refractivity contribution in [2.45, 2.75) is 31.7 Å². The Labute approximate surface area is 152 Å². The van der Waals surface area contributed by atoms with Crippen molar-refractivity contribution in [3.8, 4) is 0 Å². The maximum absolute atomic E-state index is 12.3. The predicted octanol–water partition coefficient (Wildman–Crippen LogP) is -0.0451. The van der Waals surface area contributed by atoms with Crippen LogP contribution in [0.25, 0.3) is 0 Å². The quantitative estimate of drug-likeness (QED) is 0.769. The van der Waals surface area contributed by atoms with E-state index >= 15 is 0 Å². The average Bonchev–Trinajstić information content (AvgIpc) is 2.71. The highest BCUT2D eigenvalue weighted by molar-refractivity contribution is 5.81. The molecule has 142 valence electrons. The molecule has 2 fully saturated rings. The first-order chi connectivity index (χ1) is 12.3. The van der Waals surface area contributed by atoms with Gasteiger partial charge in [-0.3, -0.25) is 14.5 Å². The molecule has 1 unspecified atom stereocenters. The van der Waals surface area contributed by atoms with E-state index < -0.39 is 5.97 Å². The van der Waals surface area contributed by atoms with Gasteiger partial charge in [-0.2, -0.15) is 4.98 Å². The third kappa shape index (κ3) is 3.72. The highest BCUT2D eigenvalue weighted by atomic mass is 16.4. The fraction of sp³-hybridized carbons (Fsp3) is 0.647. The second-order valence-corrected chi connectivity index (χ2v) is 7.25. The van der Waals surface area contributed by atoms with Crippen LogP contribution in [0.1, 0.15) is 25.0 Å². The SMILES string of the molecule is Cc1cc(N2CCN(C)C3(CCC(=O)N(CC(=O)O)CC3)C2)nc(N)n1. The molecule has 3 N–H and O–H groups in total. The molecule has 0 bridgehead atoms. The summed E-state index contributed by atoms with van der Waals surface area (Å²) in [5.41, 5.74) is 6.44. The molecule has 0 radical (unpaired) electrons. The zero-order valence-corrected chi connectivity index (χ0v) is 15.3.